The summed E-state index contributed by atoms with van der Waals surface area (Å²) in [6.45, 7) is 15.6. The Balaban J connectivity index is 0.00000149. The molecular formula is C21H39NO. The first kappa shape index (κ1) is 21.9. The maximum atomic E-state index is 11.2. The number of nitrogens with two attached hydrogens (primary N) is 1. The fourth-order valence-corrected chi connectivity index (χ4v) is 2.76. The first-order chi connectivity index (χ1) is 10.7. The summed E-state index contributed by atoms with van der Waals surface area (Å²) in [5.74, 6) is 0.551. The lowest BCUT2D eigenvalue weighted by molar-refractivity contribution is -0.122. The SMILES string of the molecule is C/C(=C\CCC(C)(C)C1=CCC(C(N)=O)CC1)C(C)C.CCC. The first-order valence-electron chi connectivity index (χ1n) is 9.31. The Kier molecular flexibility index (Phi) is 10.2. The summed E-state index contributed by atoms with van der Waals surface area (Å²) in [6, 6.07) is 0. The van der Waals surface area contributed by atoms with Crippen LogP contribution in [-0.4, -0.2) is 5.91 Å². The smallest absolute Gasteiger partial charge is 0.220 e. The fourth-order valence-electron chi connectivity index (χ4n) is 2.76. The maximum Gasteiger partial charge on any atom is 0.220 e. The summed E-state index contributed by atoms with van der Waals surface area (Å²) in [5, 5.41) is 0. The van der Waals surface area contributed by atoms with Gasteiger partial charge in [-0.05, 0) is 50.4 Å². The monoisotopic (exact) mass is 321 g/mol. The summed E-state index contributed by atoms with van der Waals surface area (Å²) >= 11 is 0. The number of primary amides is 1. The molecule has 0 saturated carbocycles. The van der Waals surface area contributed by atoms with E-state index in [4.69, 9.17) is 5.73 Å². The molecule has 2 N–H and O–H groups in total. The molecule has 0 heterocycles. The summed E-state index contributed by atoms with van der Waals surface area (Å²) in [5.41, 5.74) is 8.60. The van der Waals surface area contributed by atoms with E-state index in [0.717, 1.165) is 25.7 Å². The third-order valence-electron chi connectivity index (χ3n) is 4.83. The molecule has 134 valence electrons. The van der Waals surface area contributed by atoms with Crippen LogP contribution in [0.4, 0.5) is 0 Å². The Morgan fingerprint density at radius 3 is 2.35 bits per heavy atom. The predicted octanol–water partition coefficient (Wildman–Crippen LogP) is 6.02. The molecule has 0 fully saturated rings. The third kappa shape index (κ3) is 8.39. The average molecular weight is 322 g/mol. The molecule has 0 spiro atoms. The molecule has 1 rings (SSSR count). The van der Waals surface area contributed by atoms with E-state index in [1.54, 1.807) is 0 Å². The van der Waals surface area contributed by atoms with Crippen molar-refractivity contribution < 1.29 is 4.79 Å². The minimum absolute atomic E-state index is 0.0534. The molecule has 0 saturated heterocycles. The molecule has 2 nitrogen and oxygen atoms in total. The van der Waals surface area contributed by atoms with Crippen molar-refractivity contribution in [1.82, 2.24) is 0 Å². The zero-order chi connectivity index (χ0) is 18.0. The summed E-state index contributed by atoms with van der Waals surface area (Å²) < 4.78 is 0. The summed E-state index contributed by atoms with van der Waals surface area (Å²) in [4.78, 5) is 11.2. The molecular weight excluding hydrogens is 282 g/mol. The Labute approximate surface area is 144 Å². The van der Waals surface area contributed by atoms with Crippen LogP contribution in [-0.2, 0) is 4.79 Å². The van der Waals surface area contributed by atoms with E-state index in [1.807, 2.05) is 0 Å². The largest absolute Gasteiger partial charge is 0.369 e. The zero-order valence-electron chi connectivity index (χ0n) is 16.5. The van der Waals surface area contributed by atoms with Crippen LogP contribution in [0.25, 0.3) is 0 Å². The van der Waals surface area contributed by atoms with Gasteiger partial charge < -0.3 is 5.73 Å². The van der Waals surface area contributed by atoms with Crippen molar-refractivity contribution in [1.29, 1.82) is 0 Å². The van der Waals surface area contributed by atoms with E-state index in [-0.39, 0.29) is 17.2 Å². The van der Waals surface area contributed by atoms with Gasteiger partial charge in [-0.1, -0.05) is 71.3 Å². The second-order valence-electron chi connectivity index (χ2n) is 7.84. The molecule has 0 aromatic carbocycles. The van der Waals surface area contributed by atoms with Crippen LogP contribution in [0.3, 0.4) is 0 Å². The highest BCUT2D eigenvalue weighted by atomic mass is 16.1. The van der Waals surface area contributed by atoms with Gasteiger partial charge in [0.05, 0.1) is 0 Å². The number of carbonyl (C=O) groups excluding carboxylic acids is 1. The molecule has 0 aromatic heterocycles. The maximum absolute atomic E-state index is 11.2. The highest BCUT2D eigenvalue weighted by Crippen LogP contribution is 2.39. The minimum atomic E-state index is -0.145. The number of hydrogen-bond donors (Lipinski definition) is 1. The Hall–Kier alpha value is -1.05. The quantitative estimate of drug-likeness (QED) is 0.597. The zero-order valence-corrected chi connectivity index (χ0v) is 16.5. The Morgan fingerprint density at radius 2 is 1.96 bits per heavy atom. The molecule has 0 aliphatic heterocycles. The van der Waals surface area contributed by atoms with Crippen molar-refractivity contribution in [3.8, 4) is 0 Å². The Bertz CT molecular complexity index is 416. The van der Waals surface area contributed by atoms with E-state index >= 15 is 0 Å². The van der Waals surface area contributed by atoms with Crippen LogP contribution in [0.15, 0.2) is 23.3 Å². The third-order valence-corrected chi connectivity index (χ3v) is 4.83. The van der Waals surface area contributed by atoms with Crippen LogP contribution in [0.1, 0.15) is 87.0 Å². The lowest BCUT2D eigenvalue weighted by Gasteiger charge is -2.32. The lowest BCUT2D eigenvalue weighted by atomic mass is 9.73. The van der Waals surface area contributed by atoms with Crippen LogP contribution in [0.2, 0.25) is 0 Å². The molecule has 23 heavy (non-hydrogen) atoms. The highest BCUT2D eigenvalue weighted by Gasteiger charge is 2.27. The van der Waals surface area contributed by atoms with Gasteiger partial charge in [0.15, 0.2) is 0 Å². The number of rotatable bonds is 6. The lowest BCUT2D eigenvalue weighted by Crippen LogP contribution is -2.27. The van der Waals surface area contributed by atoms with Gasteiger partial charge in [0.2, 0.25) is 5.91 Å². The first-order valence-corrected chi connectivity index (χ1v) is 9.31. The number of hydrogen-bond acceptors (Lipinski definition) is 1. The van der Waals surface area contributed by atoms with Crippen LogP contribution in [0.5, 0.6) is 0 Å². The molecule has 2 heteroatoms. The topological polar surface area (TPSA) is 43.1 Å². The van der Waals surface area contributed by atoms with Crippen LogP contribution < -0.4 is 5.73 Å². The van der Waals surface area contributed by atoms with E-state index < -0.39 is 0 Å². The van der Waals surface area contributed by atoms with Crippen molar-refractivity contribution in [2.45, 2.75) is 87.0 Å². The summed E-state index contributed by atoms with van der Waals surface area (Å²) in [6.07, 6.45) is 11.0. The van der Waals surface area contributed by atoms with Gasteiger partial charge in [-0.3, -0.25) is 4.79 Å². The molecule has 0 aromatic rings. The van der Waals surface area contributed by atoms with Gasteiger partial charge in [-0.25, -0.2) is 0 Å². The average Bonchev–Trinajstić information content (AvgIpc) is 2.47. The van der Waals surface area contributed by atoms with Gasteiger partial charge in [0.1, 0.15) is 0 Å². The van der Waals surface area contributed by atoms with Gasteiger partial charge in [0, 0.05) is 5.92 Å². The van der Waals surface area contributed by atoms with E-state index in [0.29, 0.717) is 5.92 Å². The summed E-state index contributed by atoms with van der Waals surface area (Å²) in [7, 11) is 0. The minimum Gasteiger partial charge on any atom is -0.369 e. The molecule has 1 amide bonds. The molecule has 1 atom stereocenters. The fraction of sp³-hybridized carbons (Fsp3) is 0.762. The van der Waals surface area contributed by atoms with E-state index in [1.165, 1.54) is 24.0 Å². The van der Waals surface area contributed by atoms with Crippen molar-refractivity contribution in [2.24, 2.45) is 23.0 Å². The molecule has 1 unspecified atom stereocenters. The normalized spacial score (nSPS) is 19.0. The second kappa shape index (κ2) is 10.7. The molecule has 0 radical (unpaired) electrons. The highest BCUT2D eigenvalue weighted by molar-refractivity contribution is 5.77. The van der Waals surface area contributed by atoms with Crippen molar-refractivity contribution in [3.05, 3.63) is 23.3 Å². The van der Waals surface area contributed by atoms with Gasteiger partial charge in [0.25, 0.3) is 0 Å². The standard InChI is InChI=1S/C18H31NO.C3H8/c1-13(2)14(3)7-6-12-18(4,5)16-10-8-15(9-11-16)17(19)20;1-3-2/h7,10,13,15H,6,8-9,11-12H2,1-5H3,(H2,19,20);3H2,1-2H3/b14-7+;. The van der Waals surface area contributed by atoms with Crippen LogP contribution >= 0.6 is 0 Å². The molecule has 1 aliphatic rings. The molecule has 0 bridgehead atoms. The van der Waals surface area contributed by atoms with Crippen LogP contribution in [0, 0.1) is 17.3 Å². The number of carbonyl (C=O) groups is 1. The van der Waals surface area contributed by atoms with Gasteiger partial charge in [-0.2, -0.15) is 0 Å². The van der Waals surface area contributed by atoms with E-state index in [2.05, 4.69) is 60.6 Å². The second-order valence-corrected chi connectivity index (χ2v) is 7.84. The number of allylic oxidation sites excluding steroid dienone is 4. The Morgan fingerprint density at radius 1 is 1.39 bits per heavy atom. The molecule has 1 aliphatic carbocycles. The van der Waals surface area contributed by atoms with Crippen molar-refractivity contribution in [3.63, 3.8) is 0 Å². The van der Waals surface area contributed by atoms with E-state index in [9.17, 15) is 4.79 Å². The van der Waals surface area contributed by atoms with Crippen molar-refractivity contribution >= 4 is 5.91 Å². The van der Waals surface area contributed by atoms with Crippen molar-refractivity contribution in [2.75, 3.05) is 0 Å². The predicted molar refractivity (Wildman–Crippen MR) is 102 cm³/mol. The van der Waals surface area contributed by atoms with Gasteiger partial charge >= 0.3 is 0 Å². The van der Waals surface area contributed by atoms with Gasteiger partial charge in [-0.15, -0.1) is 0 Å². The number of amides is 1.